The summed E-state index contributed by atoms with van der Waals surface area (Å²) in [7, 11) is 2.13. The van der Waals surface area contributed by atoms with Crippen LogP contribution in [0, 0.1) is 5.92 Å². The van der Waals surface area contributed by atoms with Crippen molar-refractivity contribution in [3.8, 4) is 0 Å². The van der Waals surface area contributed by atoms with Gasteiger partial charge in [0.25, 0.3) is 0 Å². The molecule has 2 rings (SSSR count). The summed E-state index contributed by atoms with van der Waals surface area (Å²) in [5.74, 6) is 0.433. The second-order valence-corrected chi connectivity index (χ2v) is 5.69. The summed E-state index contributed by atoms with van der Waals surface area (Å²) in [6, 6.07) is 0.931. The zero-order valence-corrected chi connectivity index (χ0v) is 11.0. The Morgan fingerprint density at radius 3 is 2.82 bits per heavy atom. The molecule has 0 aromatic carbocycles. The van der Waals surface area contributed by atoms with Gasteiger partial charge in [-0.1, -0.05) is 0 Å². The lowest BCUT2D eigenvalue weighted by Gasteiger charge is -2.33. The number of nitrogens with one attached hydrogen (secondary N) is 2. The SMILES string of the molecule is CC1CCC(C(=O)NC2CCCN(C)C2)CN1. The van der Waals surface area contributed by atoms with Crippen LogP contribution in [0.4, 0.5) is 0 Å². The first kappa shape index (κ1) is 12.8. The van der Waals surface area contributed by atoms with E-state index < -0.39 is 0 Å². The van der Waals surface area contributed by atoms with Gasteiger partial charge in [0.1, 0.15) is 0 Å². The van der Waals surface area contributed by atoms with Crippen LogP contribution in [0.3, 0.4) is 0 Å². The number of rotatable bonds is 2. The fraction of sp³-hybridized carbons (Fsp3) is 0.923. The number of piperidine rings is 2. The smallest absolute Gasteiger partial charge is 0.224 e. The summed E-state index contributed by atoms with van der Waals surface area (Å²) in [6.45, 7) is 5.19. The van der Waals surface area contributed by atoms with Crippen LogP contribution in [0.15, 0.2) is 0 Å². The van der Waals surface area contributed by atoms with E-state index in [1.165, 1.54) is 6.42 Å². The fourth-order valence-corrected chi connectivity index (χ4v) is 2.83. The van der Waals surface area contributed by atoms with Crippen molar-refractivity contribution in [2.45, 2.75) is 44.7 Å². The lowest BCUT2D eigenvalue weighted by molar-refractivity contribution is -0.126. The van der Waals surface area contributed by atoms with Crippen LogP contribution >= 0.6 is 0 Å². The average Bonchev–Trinajstić information content (AvgIpc) is 2.29. The number of hydrogen-bond acceptors (Lipinski definition) is 3. The van der Waals surface area contributed by atoms with E-state index in [-0.39, 0.29) is 11.8 Å². The second-order valence-electron chi connectivity index (χ2n) is 5.69. The third-order valence-electron chi connectivity index (χ3n) is 4.00. The quantitative estimate of drug-likeness (QED) is 0.741. The summed E-state index contributed by atoms with van der Waals surface area (Å²) in [5, 5.41) is 6.60. The van der Waals surface area contributed by atoms with E-state index in [1.54, 1.807) is 0 Å². The highest BCUT2D eigenvalue weighted by Gasteiger charge is 2.26. The predicted octanol–water partition coefficient (Wildman–Crippen LogP) is 0.585. The summed E-state index contributed by atoms with van der Waals surface area (Å²) in [6.07, 6.45) is 4.47. The average molecular weight is 239 g/mol. The molecule has 0 radical (unpaired) electrons. The van der Waals surface area contributed by atoms with E-state index >= 15 is 0 Å². The molecular formula is C13H25N3O. The minimum absolute atomic E-state index is 0.179. The number of carbonyl (C=O) groups is 1. The molecule has 2 aliphatic heterocycles. The molecule has 4 heteroatoms. The van der Waals surface area contributed by atoms with E-state index in [4.69, 9.17) is 0 Å². The summed E-state index contributed by atoms with van der Waals surface area (Å²) in [5.41, 5.74) is 0. The van der Waals surface area contributed by atoms with E-state index in [0.717, 1.165) is 38.9 Å². The van der Waals surface area contributed by atoms with Crippen LogP contribution < -0.4 is 10.6 Å². The maximum atomic E-state index is 12.1. The molecule has 0 aromatic rings. The summed E-state index contributed by atoms with van der Waals surface area (Å²) < 4.78 is 0. The van der Waals surface area contributed by atoms with Crippen molar-refractivity contribution >= 4 is 5.91 Å². The van der Waals surface area contributed by atoms with Crippen molar-refractivity contribution in [3.05, 3.63) is 0 Å². The van der Waals surface area contributed by atoms with Crippen LogP contribution in [-0.4, -0.2) is 49.6 Å². The molecule has 1 amide bonds. The minimum atomic E-state index is 0.179. The van der Waals surface area contributed by atoms with Gasteiger partial charge in [0.2, 0.25) is 5.91 Å². The van der Waals surface area contributed by atoms with Gasteiger partial charge in [0.15, 0.2) is 0 Å². The molecule has 2 fully saturated rings. The van der Waals surface area contributed by atoms with Crippen LogP contribution in [0.1, 0.15) is 32.6 Å². The van der Waals surface area contributed by atoms with Gasteiger partial charge in [-0.3, -0.25) is 4.79 Å². The number of likely N-dealkylation sites (tertiary alicyclic amines) is 1. The normalized spacial score (nSPS) is 35.5. The molecule has 0 saturated carbocycles. The van der Waals surface area contributed by atoms with Crippen molar-refractivity contribution in [3.63, 3.8) is 0 Å². The third kappa shape index (κ3) is 3.68. The van der Waals surface area contributed by atoms with E-state index in [0.29, 0.717) is 12.1 Å². The highest BCUT2D eigenvalue weighted by Crippen LogP contribution is 2.15. The number of hydrogen-bond donors (Lipinski definition) is 2. The Balaban J connectivity index is 1.76. The first-order valence-corrected chi connectivity index (χ1v) is 6.87. The predicted molar refractivity (Wildman–Crippen MR) is 68.9 cm³/mol. The van der Waals surface area contributed by atoms with Crippen LogP contribution in [0.5, 0.6) is 0 Å². The van der Waals surface area contributed by atoms with Crippen LogP contribution in [-0.2, 0) is 4.79 Å². The first-order chi connectivity index (χ1) is 8.15. The molecule has 0 spiro atoms. The van der Waals surface area contributed by atoms with Crippen molar-refractivity contribution in [1.82, 2.24) is 15.5 Å². The van der Waals surface area contributed by atoms with Crippen molar-refractivity contribution < 1.29 is 4.79 Å². The lowest BCUT2D eigenvalue weighted by Crippen LogP contribution is -2.51. The van der Waals surface area contributed by atoms with Crippen molar-refractivity contribution in [2.75, 3.05) is 26.7 Å². The van der Waals surface area contributed by atoms with Crippen molar-refractivity contribution in [2.24, 2.45) is 5.92 Å². The largest absolute Gasteiger partial charge is 0.352 e. The molecule has 3 atom stereocenters. The molecule has 17 heavy (non-hydrogen) atoms. The number of amides is 1. The summed E-state index contributed by atoms with van der Waals surface area (Å²) in [4.78, 5) is 14.4. The van der Waals surface area contributed by atoms with Gasteiger partial charge in [-0.2, -0.15) is 0 Å². The Hall–Kier alpha value is -0.610. The third-order valence-corrected chi connectivity index (χ3v) is 4.00. The molecule has 0 aromatic heterocycles. The fourth-order valence-electron chi connectivity index (χ4n) is 2.83. The van der Waals surface area contributed by atoms with Gasteiger partial charge in [-0.15, -0.1) is 0 Å². The van der Waals surface area contributed by atoms with Crippen LogP contribution in [0.2, 0.25) is 0 Å². The van der Waals surface area contributed by atoms with Gasteiger partial charge >= 0.3 is 0 Å². The maximum Gasteiger partial charge on any atom is 0.224 e. The highest BCUT2D eigenvalue weighted by atomic mass is 16.2. The molecule has 2 N–H and O–H groups in total. The zero-order chi connectivity index (χ0) is 12.3. The Labute approximate surface area is 104 Å². The standard InChI is InChI=1S/C13H25N3O/c1-10-5-6-11(8-14-10)13(17)15-12-4-3-7-16(2)9-12/h10-12,14H,3-9H2,1-2H3,(H,15,17). The topological polar surface area (TPSA) is 44.4 Å². The van der Waals surface area contributed by atoms with E-state index in [2.05, 4.69) is 29.5 Å². The van der Waals surface area contributed by atoms with Gasteiger partial charge in [0, 0.05) is 25.2 Å². The molecule has 2 aliphatic rings. The van der Waals surface area contributed by atoms with Gasteiger partial charge in [-0.05, 0) is 46.2 Å². The Kier molecular flexibility index (Phi) is 4.40. The minimum Gasteiger partial charge on any atom is -0.352 e. The Morgan fingerprint density at radius 2 is 2.18 bits per heavy atom. The molecule has 4 nitrogen and oxygen atoms in total. The first-order valence-electron chi connectivity index (χ1n) is 6.87. The molecular weight excluding hydrogens is 214 g/mol. The molecule has 3 unspecified atom stereocenters. The molecule has 2 heterocycles. The lowest BCUT2D eigenvalue weighted by atomic mass is 9.94. The van der Waals surface area contributed by atoms with Crippen molar-refractivity contribution in [1.29, 1.82) is 0 Å². The van der Waals surface area contributed by atoms with Gasteiger partial charge < -0.3 is 15.5 Å². The number of carbonyl (C=O) groups excluding carboxylic acids is 1. The summed E-state index contributed by atoms with van der Waals surface area (Å²) >= 11 is 0. The molecule has 0 aliphatic carbocycles. The highest BCUT2D eigenvalue weighted by molar-refractivity contribution is 5.79. The molecule has 2 saturated heterocycles. The monoisotopic (exact) mass is 239 g/mol. The molecule has 0 bridgehead atoms. The maximum absolute atomic E-state index is 12.1. The Bertz CT molecular complexity index is 261. The van der Waals surface area contributed by atoms with E-state index in [1.807, 2.05) is 0 Å². The van der Waals surface area contributed by atoms with Gasteiger partial charge in [0.05, 0.1) is 5.92 Å². The van der Waals surface area contributed by atoms with E-state index in [9.17, 15) is 4.79 Å². The Morgan fingerprint density at radius 1 is 1.35 bits per heavy atom. The van der Waals surface area contributed by atoms with Crippen LogP contribution in [0.25, 0.3) is 0 Å². The zero-order valence-electron chi connectivity index (χ0n) is 11.0. The molecule has 98 valence electrons. The number of likely N-dealkylation sites (N-methyl/N-ethyl adjacent to an activating group) is 1. The van der Waals surface area contributed by atoms with Gasteiger partial charge in [-0.25, -0.2) is 0 Å². The number of nitrogens with zero attached hydrogens (tertiary/aromatic N) is 1. The second kappa shape index (κ2) is 5.83.